The van der Waals surface area contributed by atoms with E-state index in [1.165, 1.54) is 18.2 Å². The van der Waals surface area contributed by atoms with Gasteiger partial charge in [0.05, 0.1) is 16.8 Å². The summed E-state index contributed by atoms with van der Waals surface area (Å²) in [6, 6.07) is 13.0. The van der Waals surface area contributed by atoms with Gasteiger partial charge in [-0.1, -0.05) is 30.3 Å². The maximum absolute atomic E-state index is 13.3. The lowest BCUT2D eigenvalue weighted by atomic mass is 9.86. The number of rotatable bonds is 2. The summed E-state index contributed by atoms with van der Waals surface area (Å²) in [4.78, 5) is 27.6. The van der Waals surface area contributed by atoms with Crippen LogP contribution in [0.1, 0.15) is 30.4 Å². The molecule has 29 heavy (non-hydrogen) atoms. The quantitative estimate of drug-likeness (QED) is 0.546. The van der Waals surface area contributed by atoms with Gasteiger partial charge in [-0.2, -0.15) is 13.2 Å². The summed E-state index contributed by atoms with van der Waals surface area (Å²) in [5, 5.41) is 0. The molecule has 2 heterocycles. The number of imide groups is 1. The van der Waals surface area contributed by atoms with E-state index in [0.29, 0.717) is 30.7 Å². The van der Waals surface area contributed by atoms with Crippen molar-refractivity contribution in [1.29, 1.82) is 0 Å². The van der Waals surface area contributed by atoms with Crippen molar-refractivity contribution in [2.45, 2.75) is 31.0 Å². The van der Waals surface area contributed by atoms with E-state index in [1.54, 1.807) is 30.3 Å². The van der Waals surface area contributed by atoms with Gasteiger partial charge >= 0.3 is 6.18 Å². The van der Waals surface area contributed by atoms with Crippen molar-refractivity contribution in [3.05, 3.63) is 71.3 Å². The minimum atomic E-state index is -4.44. The monoisotopic (exact) mass is 401 g/mol. The molecule has 2 aliphatic heterocycles. The number of nitrogens with zero attached hydrogens (tertiary/aromatic N) is 1. The van der Waals surface area contributed by atoms with Crippen LogP contribution in [-0.4, -0.2) is 24.0 Å². The summed E-state index contributed by atoms with van der Waals surface area (Å²) < 4.78 is 44.3. The Bertz CT molecular complexity index is 959. The van der Waals surface area contributed by atoms with E-state index in [-0.39, 0.29) is 5.57 Å². The number of benzene rings is 2. The first-order valence-electron chi connectivity index (χ1n) is 9.30. The first-order chi connectivity index (χ1) is 13.8. The van der Waals surface area contributed by atoms with Gasteiger partial charge in [-0.15, -0.1) is 0 Å². The van der Waals surface area contributed by atoms with Crippen molar-refractivity contribution in [1.82, 2.24) is 0 Å². The molecule has 0 aliphatic carbocycles. The van der Waals surface area contributed by atoms with Crippen LogP contribution in [0.4, 0.5) is 18.9 Å². The third kappa shape index (κ3) is 3.35. The number of ether oxygens (including phenoxy) is 1. The molecule has 2 amide bonds. The summed E-state index contributed by atoms with van der Waals surface area (Å²) in [6.07, 6.45) is -1.13. The fraction of sp³-hybridized carbons (Fsp3) is 0.273. The second-order valence-corrected chi connectivity index (χ2v) is 7.09. The Kier molecular flexibility index (Phi) is 4.78. The summed E-state index contributed by atoms with van der Waals surface area (Å²) in [7, 11) is 0. The molecule has 7 heteroatoms. The highest BCUT2D eigenvalue weighted by molar-refractivity contribution is 6.33. The van der Waals surface area contributed by atoms with Crippen molar-refractivity contribution >= 4 is 23.6 Å². The molecule has 2 aliphatic rings. The van der Waals surface area contributed by atoms with Crippen molar-refractivity contribution in [2.24, 2.45) is 0 Å². The van der Waals surface area contributed by atoms with E-state index in [4.69, 9.17) is 4.74 Å². The zero-order chi connectivity index (χ0) is 20.6. The maximum Gasteiger partial charge on any atom is 0.416 e. The van der Waals surface area contributed by atoms with Crippen molar-refractivity contribution in [2.75, 3.05) is 11.5 Å². The highest BCUT2D eigenvalue weighted by atomic mass is 19.4. The number of hydrogen-bond acceptors (Lipinski definition) is 3. The molecular weight excluding hydrogens is 383 g/mol. The molecule has 2 aromatic carbocycles. The van der Waals surface area contributed by atoms with Gasteiger partial charge in [0.1, 0.15) is 0 Å². The van der Waals surface area contributed by atoms with E-state index in [1.807, 2.05) is 0 Å². The van der Waals surface area contributed by atoms with Gasteiger partial charge in [0.25, 0.3) is 11.8 Å². The van der Waals surface area contributed by atoms with Crippen LogP contribution in [0.15, 0.2) is 60.2 Å². The number of hydrogen-bond donors (Lipinski definition) is 0. The maximum atomic E-state index is 13.3. The molecule has 0 aromatic heterocycles. The predicted octanol–water partition coefficient (Wildman–Crippen LogP) is 4.60. The molecule has 150 valence electrons. The minimum Gasteiger partial charge on any atom is -0.360 e. The van der Waals surface area contributed by atoms with Crippen LogP contribution >= 0.6 is 0 Å². The number of halogens is 3. The van der Waals surface area contributed by atoms with Gasteiger partial charge in [-0.05, 0) is 55.2 Å². The SMILES string of the molecule is O=C1C(=Cc2ccc(C(F)(F)F)cc2)C2(CCCCO2)C(=O)N1c1ccccc1. The van der Waals surface area contributed by atoms with E-state index in [0.717, 1.165) is 23.5 Å². The normalized spacial score (nSPS) is 24.0. The summed E-state index contributed by atoms with van der Waals surface area (Å²) in [5.41, 5.74) is -1.17. The van der Waals surface area contributed by atoms with Crippen LogP contribution in [0.25, 0.3) is 6.08 Å². The van der Waals surface area contributed by atoms with Crippen LogP contribution in [-0.2, 0) is 20.5 Å². The molecule has 0 saturated carbocycles. The van der Waals surface area contributed by atoms with Gasteiger partial charge in [0, 0.05) is 6.61 Å². The Hall–Kier alpha value is -2.93. The van der Waals surface area contributed by atoms with Gasteiger partial charge < -0.3 is 4.74 Å². The first kappa shape index (κ1) is 19.4. The molecule has 1 spiro atoms. The third-order valence-corrected chi connectivity index (χ3v) is 5.25. The predicted molar refractivity (Wildman–Crippen MR) is 101 cm³/mol. The molecule has 2 saturated heterocycles. The zero-order valence-corrected chi connectivity index (χ0v) is 15.4. The number of amides is 2. The highest BCUT2D eigenvalue weighted by Gasteiger charge is 2.57. The Balaban J connectivity index is 1.78. The van der Waals surface area contributed by atoms with Crippen LogP contribution in [0.3, 0.4) is 0 Å². The second kappa shape index (κ2) is 7.15. The largest absolute Gasteiger partial charge is 0.416 e. The summed E-state index contributed by atoms with van der Waals surface area (Å²) >= 11 is 0. The Morgan fingerprint density at radius 1 is 0.966 bits per heavy atom. The number of carbonyl (C=O) groups excluding carboxylic acids is 2. The lowest BCUT2D eigenvalue weighted by molar-refractivity contribution is -0.140. The molecule has 0 bridgehead atoms. The molecule has 2 fully saturated rings. The molecule has 4 rings (SSSR count). The average Bonchev–Trinajstić information content (AvgIpc) is 2.90. The molecule has 0 radical (unpaired) electrons. The highest BCUT2D eigenvalue weighted by Crippen LogP contribution is 2.43. The van der Waals surface area contributed by atoms with Crippen LogP contribution in [0.2, 0.25) is 0 Å². The van der Waals surface area contributed by atoms with Crippen LogP contribution < -0.4 is 4.90 Å². The number of para-hydroxylation sites is 1. The van der Waals surface area contributed by atoms with Crippen molar-refractivity contribution in [3.63, 3.8) is 0 Å². The summed E-state index contributed by atoms with van der Waals surface area (Å²) in [6.45, 7) is 0.339. The topological polar surface area (TPSA) is 46.6 Å². The van der Waals surface area contributed by atoms with Crippen LogP contribution in [0, 0.1) is 0 Å². The number of anilines is 1. The van der Waals surface area contributed by atoms with E-state index in [2.05, 4.69) is 0 Å². The van der Waals surface area contributed by atoms with E-state index < -0.39 is 29.2 Å². The molecule has 4 nitrogen and oxygen atoms in total. The van der Waals surface area contributed by atoms with E-state index >= 15 is 0 Å². The second-order valence-electron chi connectivity index (χ2n) is 7.09. The van der Waals surface area contributed by atoms with Crippen LogP contribution in [0.5, 0.6) is 0 Å². The summed E-state index contributed by atoms with van der Waals surface area (Å²) in [5.74, 6) is -0.963. The minimum absolute atomic E-state index is 0.158. The van der Waals surface area contributed by atoms with Gasteiger partial charge in [-0.3, -0.25) is 9.59 Å². The molecule has 0 N–H and O–H groups in total. The molecule has 1 atom stereocenters. The van der Waals surface area contributed by atoms with E-state index in [9.17, 15) is 22.8 Å². The fourth-order valence-corrected chi connectivity index (χ4v) is 3.78. The average molecular weight is 401 g/mol. The number of carbonyl (C=O) groups is 2. The third-order valence-electron chi connectivity index (χ3n) is 5.25. The zero-order valence-electron chi connectivity index (χ0n) is 15.4. The lowest BCUT2D eigenvalue weighted by Crippen LogP contribution is -2.45. The lowest BCUT2D eigenvalue weighted by Gasteiger charge is -2.32. The van der Waals surface area contributed by atoms with Gasteiger partial charge in [-0.25, -0.2) is 4.90 Å². The number of alkyl halides is 3. The Morgan fingerprint density at radius 2 is 1.66 bits per heavy atom. The Labute approximate surface area is 165 Å². The fourth-order valence-electron chi connectivity index (χ4n) is 3.78. The smallest absolute Gasteiger partial charge is 0.360 e. The van der Waals surface area contributed by atoms with Crippen molar-refractivity contribution in [3.8, 4) is 0 Å². The Morgan fingerprint density at radius 3 is 2.24 bits per heavy atom. The van der Waals surface area contributed by atoms with Gasteiger partial charge in [0.2, 0.25) is 0 Å². The standard InChI is InChI=1S/C22H18F3NO3/c23-22(24,25)16-10-8-15(9-11-16)14-18-19(27)26(17-6-2-1-3-7-17)20(28)21(18)12-4-5-13-29-21/h1-3,6-11,14H,4-5,12-13H2. The molecule has 2 aromatic rings. The van der Waals surface area contributed by atoms with Gasteiger partial charge in [0.15, 0.2) is 5.60 Å². The molecular formula is C22H18F3NO3. The van der Waals surface area contributed by atoms with Crippen molar-refractivity contribution < 1.29 is 27.5 Å². The molecule has 1 unspecified atom stereocenters. The first-order valence-corrected chi connectivity index (χ1v) is 9.30.